The zero-order valence-electron chi connectivity index (χ0n) is 12.2. The summed E-state index contributed by atoms with van der Waals surface area (Å²) in [7, 11) is 0. The first-order chi connectivity index (χ1) is 9.58. The molecule has 1 N–H and O–H groups in total. The number of rotatable bonds is 5. The lowest BCUT2D eigenvalue weighted by Gasteiger charge is -2.29. The zero-order chi connectivity index (χ0) is 14.5. The Labute approximate surface area is 119 Å². The Kier molecular flexibility index (Phi) is 5.49. The highest BCUT2D eigenvalue weighted by molar-refractivity contribution is 5.21. The Morgan fingerprint density at radius 2 is 1.90 bits per heavy atom. The van der Waals surface area contributed by atoms with Crippen LogP contribution < -0.4 is 5.32 Å². The van der Waals surface area contributed by atoms with E-state index >= 15 is 0 Å². The maximum atomic E-state index is 13.2. The summed E-state index contributed by atoms with van der Waals surface area (Å²) >= 11 is 0. The van der Waals surface area contributed by atoms with Gasteiger partial charge in [-0.2, -0.15) is 0 Å². The average molecular weight is 283 g/mol. The highest BCUT2D eigenvalue weighted by atomic mass is 19.2. The van der Waals surface area contributed by atoms with E-state index in [1.54, 1.807) is 6.07 Å². The number of halogens is 2. The fourth-order valence-electron chi connectivity index (χ4n) is 2.68. The third kappa shape index (κ3) is 4.00. The van der Waals surface area contributed by atoms with Crippen molar-refractivity contribution in [3.05, 3.63) is 35.4 Å². The summed E-state index contributed by atoms with van der Waals surface area (Å²) in [6.07, 6.45) is 2.18. The molecule has 1 aromatic carbocycles. The Morgan fingerprint density at radius 1 is 1.20 bits per heavy atom. The SMILES string of the molecule is C[C@H](CN[C@H](C)C1CCOCC1)c1ccc(F)c(F)c1. The molecule has 0 spiro atoms. The smallest absolute Gasteiger partial charge is 0.159 e. The number of hydrogen-bond donors (Lipinski definition) is 1. The van der Waals surface area contributed by atoms with Crippen molar-refractivity contribution in [2.75, 3.05) is 19.8 Å². The maximum absolute atomic E-state index is 13.2. The third-order valence-corrected chi connectivity index (χ3v) is 4.23. The molecule has 2 rings (SSSR count). The first kappa shape index (κ1) is 15.4. The summed E-state index contributed by atoms with van der Waals surface area (Å²) in [6.45, 7) is 6.67. The van der Waals surface area contributed by atoms with E-state index in [0.717, 1.165) is 38.2 Å². The highest BCUT2D eigenvalue weighted by Crippen LogP contribution is 2.21. The van der Waals surface area contributed by atoms with E-state index < -0.39 is 11.6 Å². The average Bonchev–Trinajstić information content (AvgIpc) is 2.48. The highest BCUT2D eigenvalue weighted by Gasteiger charge is 2.20. The van der Waals surface area contributed by atoms with E-state index in [0.29, 0.717) is 12.0 Å². The fourth-order valence-corrected chi connectivity index (χ4v) is 2.68. The fraction of sp³-hybridized carbons (Fsp3) is 0.625. The minimum atomic E-state index is -0.788. The molecule has 2 atom stereocenters. The molecule has 0 saturated carbocycles. The lowest BCUT2D eigenvalue weighted by atomic mass is 9.92. The summed E-state index contributed by atoms with van der Waals surface area (Å²) in [6, 6.07) is 4.57. The predicted octanol–water partition coefficient (Wildman–Crippen LogP) is 3.47. The molecule has 0 amide bonds. The quantitative estimate of drug-likeness (QED) is 0.893. The first-order valence-corrected chi connectivity index (χ1v) is 7.34. The number of benzene rings is 1. The Morgan fingerprint density at radius 3 is 2.55 bits per heavy atom. The van der Waals surface area contributed by atoms with Gasteiger partial charge in [-0.15, -0.1) is 0 Å². The van der Waals surface area contributed by atoms with Crippen molar-refractivity contribution in [3.8, 4) is 0 Å². The summed E-state index contributed by atoms with van der Waals surface area (Å²) in [4.78, 5) is 0. The number of nitrogens with one attached hydrogen (secondary N) is 1. The van der Waals surface area contributed by atoms with Gasteiger partial charge in [-0.05, 0) is 49.3 Å². The Bertz CT molecular complexity index is 432. The molecule has 112 valence electrons. The van der Waals surface area contributed by atoms with Crippen molar-refractivity contribution in [1.29, 1.82) is 0 Å². The molecule has 0 bridgehead atoms. The molecule has 0 aliphatic carbocycles. The van der Waals surface area contributed by atoms with Crippen LogP contribution in [0.1, 0.15) is 38.2 Å². The molecule has 20 heavy (non-hydrogen) atoms. The van der Waals surface area contributed by atoms with Crippen molar-refractivity contribution in [2.24, 2.45) is 5.92 Å². The molecule has 4 heteroatoms. The van der Waals surface area contributed by atoms with E-state index in [9.17, 15) is 8.78 Å². The summed E-state index contributed by atoms with van der Waals surface area (Å²) < 4.78 is 31.5. The lowest BCUT2D eigenvalue weighted by molar-refractivity contribution is 0.0559. The van der Waals surface area contributed by atoms with E-state index in [1.165, 1.54) is 12.1 Å². The van der Waals surface area contributed by atoms with Crippen LogP contribution in [0.4, 0.5) is 8.78 Å². The van der Waals surface area contributed by atoms with Crippen LogP contribution in [0, 0.1) is 17.6 Å². The van der Waals surface area contributed by atoms with Crippen molar-refractivity contribution in [3.63, 3.8) is 0 Å². The van der Waals surface area contributed by atoms with E-state index in [1.807, 2.05) is 6.92 Å². The van der Waals surface area contributed by atoms with Crippen LogP contribution in [0.15, 0.2) is 18.2 Å². The monoisotopic (exact) mass is 283 g/mol. The van der Waals surface area contributed by atoms with Gasteiger partial charge in [0, 0.05) is 25.8 Å². The van der Waals surface area contributed by atoms with Gasteiger partial charge in [0.2, 0.25) is 0 Å². The second kappa shape index (κ2) is 7.14. The van der Waals surface area contributed by atoms with Gasteiger partial charge in [0.15, 0.2) is 11.6 Å². The van der Waals surface area contributed by atoms with Gasteiger partial charge in [0.05, 0.1) is 0 Å². The lowest BCUT2D eigenvalue weighted by Crippen LogP contribution is -2.38. The minimum absolute atomic E-state index is 0.160. The molecule has 1 heterocycles. The van der Waals surface area contributed by atoms with Crippen LogP contribution in [-0.2, 0) is 4.74 Å². The van der Waals surface area contributed by atoms with Gasteiger partial charge in [0.25, 0.3) is 0 Å². The minimum Gasteiger partial charge on any atom is -0.381 e. The first-order valence-electron chi connectivity index (χ1n) is 7.34. The van der Waals surface area contributed by atoms with Crippen LogP contribution >= 0.6 is 0 Å². The van der Waals surface area contributed by atoms with Gasteiger partial charge in [-0.3, -0.25) is 0 Å². The van der Waals surface area contributed by atoms with Gasteiger partial charge in [0.1, 0.15) is 0 Å². The Hall–Kier alpha value is -1.00. The van der Waals surface area contributed by atoms with Gasteiger partial charge in [-0.25, -0.2) is 8.78 Å². The van der Waals surface area contributed by atoms with Crippen molar-refractivity contribution < 1.29 is 13.5 Å². The van der Waals surface area contributed by atoms with Crippen molar-refractivity contribution >= 4 is 0 Å². The standard InChI is InChI=1S/C16H23F2NO/c1-11(14-3-4-15(17)16(18)9-14)10-19-12(2)13-5-7-20-8-6-13/h3-4,9,11-13,19H,5-8,10H2,1-2H3/t11-,12-/m1/s1. The molecule has 1 saturated heterocycles. The van der Waals surface area contributed by atoms with E-state index in [-0.39, 0.29) is 5.92 Å². The summed E-state index contributed by atoms with van der Waals surface area (Å²) in [5.41, 5.74) is 0.829. The maximum Gasteiger partial charge on any atom is 0.159 e. The molecule has 1 aromatic rings. The van der Waals surface area contributed by atoms with Crippen LogP contribution in [0.5, 0.6) is 0 Å². The third-order valence-electron chi connectivity index (χ3n) is 4.23. The summed E-state index contributed by atoms with van der Waals surface area (Å²) in [5, 5.41) is 3.51. The molecule has 1 aliphatic rings. The van der Waals surface area contributed by atoms with Crippen LogP contribution in [0.3, 0.4) is 0 Å². The molecule has 1 fully saturated rings. The topological polar surface area (TPSA) is 21.3 Å². The number of hydrogen-bond acceptors (Lipinski definition) is 2. The van der Waals surface area contributed by atoms with E-state index in [4.69, 9.17) is 4.74 Å². The van der Waals surface area contributed by atoms with Gasteiger partial charge < -0.3 is 10.1 Å². The largest absolute Gasteiger partial charge is 0.381 e. The summed E-state index contributed by atoms with van der Waals surface area (Å²) in [5.74, 6) is -0.760. The molecule has 0 radical (unpaired) electrons. The molecule has 1 aliphatic heterocycles. The van der Waals surface area contributed by atoms with Gasteiger partial charge in [-0.1, -0.05) is 13.0 Å². The predicted molar refractivity (Wildman–Crippen MR) is 75.8 cm³/mol. The van der Waals surface area contributed by atoms with Crippen LogP contribution in [0.2, 0.25) is 0 Å². The van der Waals surface area contributed by atoms with Crippen LogP contribution in [-0.4, -0.2) is 25.8 Å². The number of ether oxygens (including phenoxy) is 1. The zero-order valence-corrected chi connectivity index (χ0v) is 12.2. The molecular formula is C16H23F2NO. The van der Waals surface area contributed by atoms with Crippen molar-refractivity contribution in [1.82, 2.24) is 5.32 Å². The van der Waals surface area contributed by atoms with Crippen LogP contribution in [0.25, 0.3) is 0 Å². The Balaban J connectivity index is 1.84. The van der Waals surface area contributed by atoms with Crippen molar-refractivity contribution in [2.45, 2.75) is 38.6 Å². The van der Waals surface area contributed by atoms with Gasteiger partial charge >= 0.3 is 0 Å². The second-order valence-corrected chi connectivity index (χ2v) is 5.72. The molecular weight excluding hydrogens is 260 g/mol. The molecule has 2 nitrogen and oxygen atoms in total. The second-order valence-electron chi connectivity index (χ2n) is 5.72. The molecule has 0 unspecified atom stereocenters. The van der Waals surface area contributed by atoms with E-state index in [2.05, 4.69) is 12.2 Å². The molecule has 0 aromatic heterocycles. The normalized spacial score (nSPS) is 19.8.